The molecule has 3 rings (SSSR count). The highest BCUT2D eigenvalue weighted by Gasteiger charge is 2.33. The molecule has 192 valence electrons. The Morgan fingerprint density at radius 1 is 1.00 bits per heavy atom. The van der Waals surface area contributed by atoms with Gasteiger partial charge in [-0.05, 0) is 55.9 Å². The van der Waals surface area contributed by atoms with Gasteiger partial charge in [0.2, 0.25) is 0 Å². The van der Waals surface area contributed by atoms with Crippen molar-refractivity contribution in [3.8, 4) is 5.75 Å². The number of hydrogen-bond donors (Lipinski definition) is 0. The van der Waals surface area contributed by atoms with Crippen LogP contribution in [0.2, 0.25) is 0 Å². The lowest BCUT2D eigenvalue weighted by Crippen LogP contribution is -2.35. The summed E-state index contributed by atoms with van der Waals surface area (Å²) < 4.78 is 11.4. The Balaban J connectivity index is 1.67. The van der Waals surface area contributed by atoms with Gasteiger partial charge in [0.25, 0.3) is 0 Å². The standard InChI is InChI=1S/C30H39N3O3/c1-5-20-30(6-2)22-26(25-13-10-11-14-27(25)36-30)23-16-18-24(19-17-23)29(31-4)33-32-21-12-8-9-15-28(34)35-7-3/h10-11,13-14,16-19,22H,5-9,12,15,20-21H2,1-4H3/b31-29-,33-32-. The lowest BCUT2D eigenvalue weighted by Gasteiger charge is -2.36. The lowest BCUT2D eigenvalue weighted by atomic mass is 9.84. The molecule has 0 radical (unpaired) electrons. The Bertz CT molecular complexity index is 1090. The van der Waals surface area contributed by atoms with Crippen molar-refractivity contribution in [2.75, 3.05) is 20.2 Å². The number of unbranched alkanes of at least 4 members (excludes halogenated alkanes) is 2. The minimum absolute atomic E-state index is 0.131. The second kappa shape index (κ2) is 13.7. The van der Waals surface area contributed by atoms with Crippen LogP contribution in [0, 0.1) is 0 Å². The number of hydrogen-bond acceptors (Lipinski definition) is 5. The van der Waals surface area contributed by atoms with Gasteiger partial charge in [-0.3, -0.25) is 9.79 Å². The van der Waals surface area contributed by atoms with Crippen LogP contribution in [0.1, 0.15) is 82.4 Å². The van der Waals surface area contributed by atoms with Crippen molar-refractivity contribution in [1.82, 2.24) is 0 Å². The van der Waals surface area contributed by atoms with Crippen LogP contribution in [-0.4, -0.2) is 37.6 Å². The minimum Gasteiger partial charge on any atom is -0.483 e. The second-order valence-electron chi connectivity index (χ2n) is 9.03. The van der Waals surface area contributed by atoms with E-state index >= 15 is 0 Å². The molecule has 2 aromatic carbocycles. The molecule has 6 heteroatoms. The van der Waals surface area contributed by atoms with Crippen molar-refractivity contribution in [2.45, 2.75) is 71.3 Å². The first-order valence-corrected chi connectivity index (χ1v) is 13.2. The average Bonchev–Trinajstić information content (AvgIpc) is 2.90. The Labute approximate surface area is 215 Å². The molecule has 36 heavy (non-hydrogen) atoms. The topological polar surface area (TPSA) is 72.6 Å². The summed E-state index contributed by atoms with van der Waals surface area (Å²) in [5.74, 6) is 1.43. The molecule has 0 spiro atoms. The molecule has 1 unspecified atom stereocenters. The van der Waals surface area contributed by atoms with Crippen molar-refractivity contribution in [3.05, 3.63) is 71.3 Å². The molecule has 0 aliphatic carbocycles. The van der Waals surface area contributed by atoms with Gasteiger partial charge in [-0.15, -0.1) is 5.11 Å². The quantitative estimate of drug-likeness (QED) is 0.102. The maximum Gasteiger partial charge on any atom is 0.305 e. The number of para-hydroxylation sites is 1. The van der Waals surface area contributed by atoms with Gasteiger partial charge in [-0.1, -0.05) is 69.2 Å². The predicted octanol–water partition coefficient (Wildman–Crippen LogP) is 7.41. The second-order valence-corrected chi connectivity index (χ2v) is 9.03. The molecular formula is C30H39N3O3. The number of nitrogens with zero attached hydrogens (tertiary/aromatic N) is 3. The number of aliphatic imine (C=N–C) groups is 1. The number of azo groups is 1. The largest absolute Gasteiger partial charge is 0.483 e. The molecule has 1 heterocycles. The maximum atomic E-state index is 11.4. The Hall–Kier alpha value is -3.28. The Morgan fingerprint density at radius 2 is 1.78 bits per heavy atom. The number of carbonyl (C=O) groups is 1. The van der Waals surface area contributed by atoms with E-state index in [4.69, 9.17) is 9.47 Å². The van der Waals surface area contributed by atoms with Crippen LogP contribution < -0.4 is 4.74 Å². The van der Waals surface area contributed by atoms with Crippen LogP contribution in [0.5, 0.6) is 5.75 Å². The summed E-state index contributed by atoms with van der Waals surface area (Å²) >= 11 is 0. The number of rotatable bonds is 12. The van der Waals surface area contributed by atoms with Crippen molar-refractivity contribution in [1.29, 1.82) is 0 Å². The van der Waals surface area contributed by atoms with Crippen LogP contribution in [0.25, 0.3) is 5.57 Å². The third kappa shape index (κ3) is 7.12. The molecule has 0 saturated heterocycles. The molecule has 0 N–H and O–H groups in total. The van der Waals surface area contributed by atoms with Gasteiger partial charge in [-0.25, -0.2) is 0 Å². The van der Waals surface area contributed by atoms with E-state index < -0.39 is 0 Å². The van der Waals surface area contributed by atoms with Crippen LogP contribution in [0.15, 0.2) is 69.8 Å². The highest BCUT2D eigenvalue weighted by atomic mass is 16.5. The molecule has 0 amide bonds. The summed E-state index contributed by atoms with van der Waals surface area (Å²) in [5.41, 5.74) is 4.13. The highest BCUT2D eigenvalue weighted by Crippen LogP contribution is 2.42. The number of carbonyl (C=O) groups excluding carboxylic acids is 1. The van der Waals surface area contributed by atoms with Crippen molar-refractivity contribution in [2.24, 2.45) is 15.2 Å². The van der Waals surface area contributed by atoms with E-state index in [0.717, 1.165) is 61.0 Å². The van der Waals surface area contributed by atoms with Crippen LogP contribution in [-0.2, 0) is 9.53 Å². The van der Waals surface area contributed by atoms with Gasteiger partial charge >= 0.3 is 5.97 Å². The smallest absolute Gasteiger partial charge is 0.305 e. The molecule has 0 fully saturated rings. The fourth-order valence-corrected chi connectivity index (χ4v) is 4.51. The normalized spacial score (nSPS) is 17.4. The van der Waals surface area contributed by atoms with E-state index in [0.29, 0.717) is 25.4 Å². The Morgan fingerprint density at radius 3 is 2.47 bits per heavy atom. The van der Waals surface area contributed by atoms with E-state index in [1.807, 2.05) is 13.0 Å². The summed E-state index contributed by atoms with van der Waals surface area (Å²) in [6.07, 6.45) is 8.35. The fourth-order valence-electron chi connectivity index (χ4n) is 4.51. The third-order valence-electron chi connectivity index (χ3n) is 6.45. The molecule has 6 nitrogen and oxygen atoms in total. The highest BCUT2D eigenvalue weighted by molar-refractivity contribution is 5.99. The molecular weight excluding hydrogens is 450 g/mol. The SMILES string of the molecule is CCCC1(CC)C=C(c2ccc(C(/N=N\CCCCCC(=O)OCC)=N/C)cc2)c2ccccc2O1. The van der Waals surface area contributed by atoms with Gasteiger partial charge < -0.3 is 9.47 Å². The molecule has 1 atom stereocenters. The van der Waals surface area contributed by atoms with E-state index in [2.05, 4.69) is 77.6 Å². The fraction of sp³-hybridized carbons (Fsp3) is 0.467. The van der Waals surface area contributed by atoms with Crippen molar-refractivity contribution < 1.29 is 14.3 Å². The van der Waals surface area contributed by atoms with Crippen LogP contribution in [0.4, 0.5) is 0 Å². The summed E-state index contributed by atoms with van der Waals surface area (Å²) in [6, 6.07) is 16.7. The number of benzene rings is 2. The molecule has 0 aromatic heterocycles. The number of ether oxygens (including phenoxy) is 2. The van der Waals surface area contributed by atoms with Gasteiger partial charge in [0.1, 0.15) is 11.4 Å². The summed E-state index contributed by atoms with van der Waals surface area (Å²) in [5, 5.41) is 8.68. The van der Waals surface area contributed by atoms with Gasteiger partial charge in [0.05, 0.1) is 13.2 Å². The van der Waals surface area contributed by atoms with E-state index in [1.165, 1.54) is 5.57 Å². The number of fused-ring (bicyclic) bond motifs is 1. The van der Waals surface area contributed by atoms with Gasteiger partial charge in [0.15, 0.2) is 5.84 Å². The molecule has 2 aromatic rings. The third-order valence-corrected chi connectivity index (χ3v) is 6.45. The first kappa shape index (κ1) is 27.3. The minimum atomic E-state index is -0.280. The zero-order valence-electron chi connectivity index (χ0n) is 22.1. The summed E-state index contributed by atoms with van der Waals surface area (Å²) in [7, 11) is 1.74. The first-order valence-electron chi connectivity index (χ1n) is 13.2. The van der Waals surface area contributed by atoms with Crippen molar-refractivity contribution >= 4 is 17.4 Å². The summed E-state index contributed by atoms with van der Waals surface area (Å²) in [4.78, 5) is 15.7. The molecule has 1 aliphatic rings. The maximum absolute atomic E-state index is 11.4. The first-order chi connectivity index (χ1) is 17.6. The summed E-state index contributed by atoms with van der Waals surface area (Å²) in [6.45, 7) is 7.26. The molecule has 0 saturated carbocycles. The van der Waals surface area contributed by atoms with Crippen LogP contribution >= 0.6 is 0 Å². The van der Waals surface area contributed by atoms with Gasteiger partial charge in [0, 0.05) is 24.6 Å². The Kier molecular flexibility index (Phi) is 10.4. The number of esters is 1. The van der Waals surface area contributed by atoms with E-state index in [-0.39, 0.29) is 11.6 Å². The zero-order chi connectivity index (χ0) is 25.8. The monoisotopic (exact) mass is 489 g/mol. The zero-order valence-corrected chi connectivity index (χ0v) is 22.1. The van der Waals surface area contributed by atoms with Gasteiger partial charge in [-0.2, -0.15) is 5.11 Å². The van der Waals surface area contributed by atoms with Crippen LogP contribution in [0.3, 0.4) is 0 Å². The predicted molar refractivity (Wildman–Crippen MR) is 146 cm³/mol. The molecule has 1 aliphatic heterocycles. The van der Waals surface area contributed by atoms with E-state index in [1.54, 1.807) is 7.05 Å². The van der Waals surface area contributed by atoms with Crippen molar-refractivity contribution in [3.63, 3.8) is 0 Å². The number of amidine groups is 1. The van der Waals surface area contributed by atoms with E-state index in [9.17, 15) is 4.79 Å². The average molecular weight is 490 g/mol. The lowest BCUT2D eigenvalue weighted by molar-refractivity contribution is -0.143. The molecule has 0 bridgehead atoms.